The third-order valence-electron chi connectivity index (χ3n) is 3.09. The van der Waals surface area contributed by atoms with Crippen molar-refractivity contribution in [2.24, 2.45) is 11.8 Å². The lowest BCUT2D eigenvalue weighted by Crippen LogP contribution is -2.31. The standard InChI is InChI=1S/C10H19NO/c1-2-9(7-11-4-1)6-10-3-5-12-8-10/h9-11H,1-8H2/t9-,10+/m0/s1. The lowest BCUT2D eigenvalue weighted by molar-refractivity contribution is 0.177. The highest BCUT2D eigenvalue weighted by Gasteiger charge is 2.21. The zero-order chi connectivity index (χ0) is 8.23. The van der Waals surface area contributed by atoms with Crippen molar-refractivity contribution in [2.45, 2.75) is 25.7 Å². The molecule has 0 aromatic rings. The van der Waals surface area contributed by atoms with E-state index in [-0.39, 0.29) is 0 Å². The van der Waals surface area contributed by atoms with Crippen LogP contribution in [0.2, 0.25) is 0 Å². The van der Waals surface area contributed by atoms with E-state index in [9.17, 15) is 0 Å². The van der Waals surface area contributed by atoms with Gasteiger partial charge in [0.2, 0.25) is 0 Å². The molecule has 2 atom stereocenters. The van der Waals surface area contributed by atoms with E-state index in [1.54, 1.807) is 0 Å². The van der Waals surface area contributed by atoms with E-state index in [2.05, 4.69) is 5.32 Å². The predicted octanol–water partition coefficient (Wildman–Crippen LogP) is 1.41. The summed E-state index contributed by atoms with van der Waals surface area (Å²) in [6, 6.07) is 0. The fraction of sp³-hybridized carbons (Fsp3) is 1.00. The summed E-state index contributed by atoms with van der Waals surface area (Å²) >= 11 is 0. The fourth-order valence-electron chi connectivity index (χ4n) is 2.37. The van der Waals surface area contributed by atoms with Crippen LogP contribution in [-0.2, 0) is 4.74 Å². The van der Waals surface area contributed by atoms with Crippen LogP contribution >= 0.6 is 0 Å². The van der Waals surface area contributed by atoms with Crippen molar-refractivity contribution in [3.63, 3.8) is 0 Å². The van der Waals surface area contributed by atoms with Crippen LogP contribution in [0.15, 0.2) is 0 Å². The number of nitrogens with one attached hydrogen (secondary N) is 1. The third kappa shape index (κ3) is 2.20. The van der Waals surface area contributed by atoms with E-state index in [0.717, 1.165) is 25.0 Å². The highest BCUT2D eigenvalue weighted by molar-refractivity contribution is 4.74. The molecule has 0 aliphatic carbocycles. The molecule has 0 saturated carbocycles. The van der Waals surface area contributed by atoms with Crippen LogP contribution in [0.5, 0.6) is 0 Å². The number of piperidine rings is 1. The summed E-state index contributed by atoms with van der Waals surface area (Å²) in [5.41, 5.74) is 0. The first-order valence-electron chi connectivity index (χ1n) is 5.23. The van der Waals surface area contributed by atoms with Gasteiger partial charge in [0.05, 0.1) is 0 Å². The maximum Gasteiger partial charge on any atom is 0.0495 e. The highest BCUT2D eigenvalue weighted by Crippen LogP contribution is 2.24. The minimum absolute atomic E-state index is 0.870. The van der Waals surface area contributed by atoms with Gasteiger partial charge in [-0.05, 0) is 50.6 Å². The van der Waals surface area contributed by atoms with Gasteiger partial charge >= 0.3 is 0 Å². The molecule has 1 N–H and O–H groups in total. The molecule has 0 spiro atoms. The van der Waals surface area contributed by atoms with Gasteiger partial charge in [0.25, 0.3) is 0 Å². The zero-order valence-corrected chi connectivity index (χ0v) is 7.72. The molecule has 2 fully saturated rings. The summed E-state index contributed by atoms with van der Waals surface area (Å²) in [5.74, 6) is 1.81. The van der Waals surface area contributed by atoms with Gasteiger partial charge in [0.1, 0.15) is 0 Å². The van der Waals surface area contributed by atoms with Gasteiger partial charge in [0.15, 0.2) is 0 Å². The quantitative estimate of drug-likeness (QED) is 0.675. The number of hydrogen-bond donors (Lipinski definition) is 1. The Balaban J connectivity index is 1.69. The van der Waals surface area contributed by atoms with E-state index in [1.807, 2.05) is 0 Å². The molecule has 2 aliphatic rings. The Morgan fingerprint density at radius 2 is 2.25 bits per heavy atom. The molecular formula is C10H19NO. The summed E-state index contributed by atoms with van der Waals surface area (Å²) in [7, 11) is 0. The first-order valence-corrected chi connectivity index (χ1v) is 5.23. The van der Waals surface area contributed by atoms with Crippen LogP contribution in [0, 0.1) is 11.8 Å². The average Bonchev–Trinajstić information content (AvgIpc) is 2.59. The Morgan fingerprint density at radius 1 is 1.25 bits per heavy atom. The zero-order valence-electron chi connectivity index (χ0n) is 7.72. The van der Waals surface area contributed by atoms with Gasteiger partial charge in [-0.15, -0.1) is 0 Å². The van der Waals surface area contributed by atoms with Crippen molar-refractivity contribution in [3.8, 4) is 0 Å². The van der Waals surface area contributed by atoms with Gasteiger partial charge in [-0.3, -0.25) is 0 Å². The Morgan fingerprint density at radius 3 is 2.92 bits per heavy atom. The molecule has 2 rings (SSSR count). The van der Waals surface area contributed by atoms with E-state index < -0.39 is 0 Å². The predicted molar refractivity (Wildman–Crippen MR) is 49.1 cm³/mol. The molecular weight excluding hydrogens is 150 g/mol. The molecule has 2 heteroatoms. The van der Waals surface area contributed by atoms with Crippen LogP contribution < -0.4 is 5.32 Å². The fourth-order valence-corrected chi connectivity index (χ4v) is 2.37. The van der Waals surface area contributed by atoms with Gasteiger partial charge in [-0.2, -0.15) is 0 Å². The smallest absolute Gasteiger partial charge is 0.0495 e. The second-order valence-electron chi connectivity index (χ2n) is 4.18. The Bertz CT molecular complexity index is 126. The Hall–Kier alpha value is -0.0800. The molecule has 0 radical (unpaired) electrons. The van der Waals surface area contributed by atoms with Crippen LogP contribution in [-0.4, -0.2) is 26.3 Å². The van der Waals surface area contributed by atoms with Gasteiger partial charge < -0.3 is 10.1 Å². The van der Waals surface area contributed by atoms with Gasteiger partial charge in [-0.1, -0.05) is 0 Å². The van der Waals surface area contributed by atoms with Crippen molar-refractivity contribution in [1.82, 2.24) is 5.32 Å². The average molecular weight is 169 g/mol. The summed E-state index contributed by atoms with van der Waals surface area (Å²) in [4.78, 5) is 0. The maximum absolute atomic E-state index is 5.38. The Kier molecular flexibility index (Phi) is 3.01. The van der Waals surface area contributed by atoms with Crippen LogP contribution in [0.4, 0.5) is 0 Å². The third-order valence-corrected chi connectivity index (χ3v) is 3.09. The van der Waals surface area contributed by atoms with E-state index in [4.69, 9.17) is 4.74 Å². The molecule has 2 aliphatic heterocycles. The first-order chi connectivity index (χ1) is 5.95. The van der Waals surface area contributed by atoms with E-state index in [0.29, 0.717) is 0 Å². The SMILES string of the molecule is C1CNC[C@H](C[C@H]2CCOC2)C1. The van der Waals surface area contributed by atoms with Crippen molar-refractivity contribution >= 4 is 0 Å². The summed E-state index contributed by atoms with van der Waals surface area (Å²) in [5, 5.41) is 3.47. The van der Waals surface area contributed by atoms with E-state index >= 15 is 0 Å². The number of hydrogen-bond acceptors (Lipinski definition) is 2. The summed E-state index contributed by atoms with van der Waals surface area (Å²) in [6.45, 7) is 4.51. The molecule has 70 valence electrons. The summed E-state index contributed by atoms with van der Waals surface area (Å²) in [6.07, 6.45) is 5.51. The normalized spacial score (nSPS) is 37.0. The van der Waals surface area contributed by atoms with Crippen LogP contribution in [0.25, 0.3) is 0 Å². The topological polar surface area (TPSA) is 21.3 Å². The molecule has 0 aromatic carbocycles. The largest absolute Gasteiger partial charge is 0.381 e. The van der Waals surface area contributed by atoms with E-state index in [1.165, 1.54) is 38.8 Å². The molecule has 2 saturated heterocycles. The van der Waals surface area contributed by atoms with Gasteiger partial charge in [-0.25, -0.2) is 0 Å². The second kappa shape index (κ2) is 4.24. The van der Waals surface area contributed by atoms with Crippen molar-refractivity contribution in [1.29, 1.82) is 0 Å². The molecule has 0 bridgehead atoms. The monoisotopic (exact) mass is 169 g/mol. The molecule has 2 heterocycles. The van der Waals surface area contributed by atoms with Crippen LogP contribution in [0.1, 0.15) is 25.7 Å². The lowest BCUT2D eigenvalue weighted by atomic mass is 9.89. The second-order valence-corrected chi connectivity index (χ2v) is 4.18. The number of ether oxygens (including phenoxy) is 1. The van der Waals surface area contributed by atoms with Crippen molar-refractivity contribution in [2.75, 3.05) is 26.3 Å². The lowest BCUT2D eigenvalue weighted by Gasteiger charge is -2.24. The highest BCUT2D eigenvalue weighted by atomic mass is 16.5. The first kappa shape index (κ1) is 8.52. The van der Waals surface area contributed by atoms with Gasteiger partial charge in [0, 0.05) is 13.2 Å². The minimum Gasteiger partial charge on any atom is -0.381 e. The Labute approximate surface area is 74.7 Å². The molecule has 0 unspecified atom stereocenters. The molecule has 0 aromatic heterocycles. The maximum atomic E-state index is 5.38. The molecule has 12 heavy (non-hydrogen) atoms. The minimum atomic E-state index is 0.870. The summed E-state index contributed by atoms with van der Waals surface area (Å²) < 4.78 is 5.38. The van der Waals surface area contributed by atoms with Crippen LogP contribution in [0.3, 0.4) is 0 Å². The molecule has 0 amide bonds. The van der Waals surface area contributed by atoms with Crippen molar-refractivity contribution in [3.05, 3.63) is 0 Å². The van der Waals surface area contributed by atoms with Crippen molar-refractivity contribution < 1.29 is 4.74 Å². The number of rotatable bonds is 2. The molecule has 2 nitrogen and oxygen atoms in total.